The third-order valence-corrected chi connectivity index (χ3v) is 2.24. The minimum Gasteiger partial charge on any atom is -0.478 e. The molecule has 0 heterocycles. The Labute approximate surface area is 97.0 Å². The van der Waals surface area contributed by atoms with E-state index in [1.165, 1.54) is 19.2 Å². The summed E-state index contributed by atoms with van der Waals surface area (Å²) in [6, 6.07) is 2.47. The fourth-order valence-electron chi connectivity index (χ4n) is 1.32. The van der Waals surface area contributed by atoms with Crippen molar-refractivity contribution < 1.29 is 23.8 Å². The summed E-state index contributed by atoms with van der Waals surface area (Å²) < 4.78 is 17.9. The summed E-state index contributed by atoms with van der Waals surface area (Å²) in [5.41, 5.74) is 5.49. The Hall–Kier alpha value is -1.95. The second-order valence-electron chi connectivity index (χ2n) is 3.45. The molecule has 1 rings (SSSR count). The van der Waals surface area contributed by atoms with Gasteiger partial charge in [0.05, 0.1) is 12.7 Å². The summed E-state index contributed by atoms with van der Waals surface area (Å²) in [6.45, 7) is 0. The predicted molar refractivity (Wildman–Crippen MR) is 57.1 cm³/mol. The highest BCUT2D eigenvalue weighted by atomic mass is 19.1. The van der Waals surface area contributed by atoms with Crippen molar-refractivity contribution in [3.8, 4) is 0 Å². The zero-order chi connectivity index (χ0) is 13.0. The number of hydrogen-bond donors (Lipinski definition) is 2. The number of rotatable bonds is 4. The summed E-state index contributed by atoms with van der Waals surface area (Å²) in [5, 5.41) is 8.64. The number of benzene rings is 1. The third-order valence-electron chi connectivity index (χ3n) is 2.24. The van der Waals surface area contributed by atoms with E-state index >= 15 is 0 Å². The molecule has 0 aliphatic carbocycles. The minimum atomic E-state index is -1.22. The number of carboxylic acids is 1. The lowest BCUT2D eigenvalue weighted by Crippen LogP contribution is -2.33. The largest absolute Gasteiger partial charge is 0.478 e. The Morgan fingerprint density at radius 2 is 2.18 bits per heavy atom. The summed E-state index contributed by atoms with van der Waals surface area (Å²) in [6.07, 6.45) is -0.0432. The Morgan fingerprint density at radius 3 is 2.65 bits per heavy atom. The van der Waals surface area contributed by atoms with Crippen molar-refractivity contribution in [1.29, 1.82) is 0 Å². The van der Waals surface area contributed by atoms with Gasteiger partial charge in [-0.1, -0.05) is 6.07 Å². The van der Waals surface area contributed by atoms with Crippen molar-refractivity contribution >= 4 is 11.9 Å². The smallest absolute Gasteiger partial charge is 0.335 e. The van der Waals surface area contributed by atoms with E-state index in [9.17, 15) is 14.0 Å². The second kappa shape index (κ2) is 5.40. The monoisotopic (exact) mass is 241 g/mol. The van der Waals surface area contributed by atoms with Gasteiger partial charge in [0, 0.05) is 6.42 Å². The van der Waals surface area contributed by atoms with Crippen LogP contribution in [-0.4, -0.2) is 30.2 Å². The highest BCUT2D eigenvalue weighted by molar-refractivity contribution is 5.87. The van der Waals surface area contributed by atoms with Gasteiger partial charge in [0.25, 0.3) is 0 Å². The molecule has 5 nitrogen and oxygen atoms in total. The van der Waals surface area contributed by atoms with Crippen molar-refractivity contribution in [2.45, 2.75) is 12.5 Å². The lowest BCUT2D eigenvalue weighted by atomic mass is 10.0. The lowest BCUT2D eigenvalue weighted by Gasteiger charge is -2.10. The molecule has 0 amide bonds. The normalized spacial score (nSPS) is 11.9. The van der Waals surface area contributed by atoms with Gasteiger partial charge in [0.1, 0.15) is 11.9 Å². The van der Waals surface area contributed by atoms with E-state index in [2.05, 4.69) is 4.74 Å². The van der Waals surface area contributed by atoms with E-state index < -0.39 is 23.8 Å². The van der Waals surface area contributed by atoms with Gasteiger partial charge >= 0.3 is 11.9 Å². The molecule has 0 radical (unpaired) electrons. The highest BCUT2D eigenvalue weighted by Crippen LogP contribution is 2.12. The molecule has 0 saturated heterocycles. The van der Waals surface area contributed by atoms with Crippen molar-refractivity contribution in [1.82, 2.24) is 0 Å². The SMILES string of the molecule is COC(=O)[C@H](N)Cc1ccc(C(=O)O)cc1F. The van der Waals surface area contributed by atoms with E-state index in [0.29, 0.717) is 0 Å². The molecule has 0 saturated carbocycles. The maximum Gasteiger partial charge on any atom is 0.335 e. The summed E-state index contributed by atoms with van der Waals surface area (Å²) in [4.78, 5) is 21.6. The first kappa shape index (κ1) is 13.1. The van der Waals surface area contributed by atoms with Crippen LogP contribution >= 0.6 is 0 Å². The van der Waals surface area contributed by atoms with Crippen LogP contribution in [0.1, 0.15) is 15.9 Å². The van der Waals surface area contributed by atoms with Gasteiger partial charge < -0.3 is 15.6 Å². The highest BCUT2D eigenvalue weighted by Gasteiger charge is 2.17. The molecule has 0 spiro atoms. The standard InChI is InChI=1S/C11H12FNO4/c1-17-11(16)9(13)5-6-2-3-7(10(14)15)4-8(6)12/h2-4,9H,5,13H2,1H3,(H,14,15)/t9-/m1/s1. The number of methoxy groups -OCH3 is 1. The van der Waals surface area contributed by atoms with Crippen molar-refractivity contribution in [2.24, 2.45) is 5.73 Å². The average molecular weight is 241 g/mol. The third kappa shape index (κ3) is 3.25. The molecule has 0 fully saturated rings. The molecule has 3 N–H and O–H groups in total. The summed E-state index contributed by atoms with van der Waals surface area (Å²) in [5.74, 6) is -2.57. The van der Waals surface area contributed by atoms with E-state index in [0.717, 1.165) is 6.07 Å². The molecule has 0 aromatic heterocycles. The number of ether oxygens (including phenoxy) is 1. The second-order valence-corrected chi connectivity index (χ2v) is 3.45. The molecule has 0 aliphatic rings. The van der Waals surface area contributed by atoms with Gasteiger partial charge in [0.15, 0.2) is 0 Å². The molecule has 17 heavy (non-hydrogen) atoms. The van der Waals surface area contributed by atoms with Crippen LogP contribution in [0.2, 0.25) is 0 Å². The van der Waals surface area contributed by atoms with Crippen LogP contribution in [0.5, 0.6) is 0 Å². The molecule has 0 unspecified atom stereocenters. The Kier molecular flexibility index (Phi) is 4.17. The van der Waals surface area contributed by atoms with Crippen molar-refractivity contribution in [3.05, 3.63) is 35.1 Å². The summed E-state index contributed by atoms with van der Waals surface area (Å²) in [7, 11) is 1.19. The number of hydrogen-bond acceptors (Lipinski definition) is 4. The number of carboxylic acid groups (broad SMARTS) is 1. The first-order valence-electron chi connectivity index (χ1n) is 4.81. The number of halogens is 1. The number of aromatic carboxylic acids is 1. The van der Waals surface area contributed by atoms with Crippen LogP contribution in [0.15, 0.2) is 18.2 Å². The molecule has 92 valence electrons. The zero-order valence-electron chi connectivity index (χ0n) is 9.14. The van der Waals surface area contributed by atoms with Crippen LogP contribution in [-0.2, 0) is 16.0 Å². The zero-order valence-corrected chi connectivity index (χ0v) is 9.14. The number of carbonyl (C=O) groups is 2. The van der Waals surface area contributed by atoms with Gasteiger partial charge in [0.2, 0.25) is 0 Å². The van der Waals surface area contributed by atoms with Gasteiger partial charge in [-0.05, 0) is 17.7 Å². The number of esters is 1. The van der Waals surface area contributed by atoms with Crippen molar-refractivity contribution in [3.63, 3.8) is 0 Å². The van der Waals surface area contributed by atoms with Crippen LogP contribution < -0.4 is 5.73 Å². The number of carbonyl (C=O) groups excluding carboxylic acids is 1. The average Bonchev–Trinajstić information content (AvgIpc) is 2.30. The van der Waals surface area contributed by atoms with Crippen molar-refractivity contribution in [2.75, 3.05) is 7.11 Å². The fraction of sp³-hybridized carbons (Fsp3) is 0.273. The van der Waals surface area contributed by atoms with Crippen LogP contribution in [0.4, 0.5) is 4.39 Å². The topological polar surface area (TPSA) is 89.6 Å². The van der Waals surface area contributed by atoms with Gasteiger partial charge in [-0.15, -0.1) is 0 Å². The molecule has 1 aromatic rings. The first-order valence-corrected chi connectivity index (χ1v) is 4.81. The first-order chi connectivity index (χ1) is 7.95. The maximum atomic E-state index is 13.5. The van der Waals surface area contributed by atoms with E-state index in [-0.39, 0.29) is 17.5 Å². The molecule has 1 atom stereocenters. The minimum absolute atomic E-state index is 0.0432. The summed E-state index contributed by atoms with van der Waals surface area (Å²) >= 11 is 0. The van der Waals surface area contributed by atoms with Gasteiger partial charge in [-0.2, -0.15) is 0 Å². The van der Waals surface area contributed by atoms with Crippen LogP contribution in [0, 0.1) is 5.82 Å². The quantitative estimate of drug-likeness (QED) is 0.752. The molecular weight excluding hydrogens is 229 g/mol. The van der Waals surface area contributed by atoms with Crippen LogP contribution in [0.25, 0.3) is 0 Å². The van der Waals surface area contributed by atoms with E-state index in [1.54, 1.807) is 0 Å². The van der Waals surface area contributed by atoms with E-state index in [1.807, 2.05) is 0 Å². The Morgan fingerprint density at radius 1 is 1.53 bits per heavy atom. The predicted octanol–water partition coefficient (Wildman–Crippen LogP) is 0.567. The molecule has 0 aliphatic heterocycles. The molecule has 0 bridgehead atoms. The maximum absolute atomic E-state index is 13.5. The molecule has 6 heteroatoms. The molecule has 1 aromatic carbocycles. The lowest BCUT2D eigenvalue weighted by molar-refractivity contribution is -0.142. The van der Waals surface area contributed by atoms with E-state index in [4.69, 9.17) is 10.8 Å². The van der Waals surface area contributed by atoms with Gasteiger partial charge in [-0.25, -0.2) is 9.18 Å². The van der Waals surface area contributed by atoms with Gasteiger partial charge in [-0.3, -0.25) is 4.79 Å². The number of nitrogens with two attached hydrogens (primary N) is 1. The fourth-order valence-corrected chi connectivity index (χ4v) is 1.32. The van der Waals surface area contributed by atoms with Crippen LogP contribution in [0.3, 0.4) is 0 Å². The Balaban J connectivity index is 2.86. The Bertz CT molecular complexity index is 447. The molecular formula is C11H12FNO4.